The fourth-order valence-electron chi connectivity index (χ4n) is 1.35. The number of nitrogens with one attached hydrogen (secondary N) is 1. The fourth-order valence-corrected chi connectivity index (χ4v) is 2.53. The van der Waals surface area contributed by atoms with Crippen LogP contribution in [0.5, 0.6) is 0 Å². The summed E-state index contributed by atoms with van der Waals surface area (Å²) in [6.07, 6.45) is -0.566. The number of hydrogen-bond donors (Lipinski definition) is 1. The van der Waals surface area contributed by atoms with E-state index >= 15 is 0 Å². The molecule has 1 aromatic rings. The van der Waals surface area contributed by atoms with Crippen LogP contribution in [-0.2, 0) is 14.8 Å². The summed E-state index contributed by atoms with van der Waals surface area (Å²) in [4.78, 5) is 11.4. The van der Waals surface area contributed by atoms with Gasteiger partial charge in [0.1, 0.15) is 0 Å². The van der Waals surface area contributed by atoms with Crippen LogP contribution in [0, 0.1) is 0 Å². The minimum atomic E-state index is -3.46. The minimum Gasteiger partial charge on any atom is -0.450 e. The van der Waals surface area contributed by atoms with Crippen molar-refractivity contribution in [3.63, 3.8) is 0 Å². The van der Waals surface area contributed by atoms with Crippen molar-refractivity contribution in [1.29, 1.82) is 0 Å². The van der Waals surface area contributed by atoms with Crippen LogP contribution in [0.2, 0.25) is 0 Å². The molecule has 1 aromatic carbocycles. The van der Waals surface area contributed by atoms with E-state index in [1.807, 2.05) is 0 Å². The van der Waals surface area contributed by atoms with Crippen molar-refractivity contribution >= 4 is 21.8 Å². The average Bonchev–Trinajstić information content (AvgIpc) is 2.38. The van der Waals surface area contributed by atoms with Crippen molar-refractivity contribution in [2.45, 2.75) is 18.7 Å². The Balaban J connectivity index is 2.85. The van der Waals surface area contributed by atoms with Gasteiger partial charge >= 0.3 is 6.09 Å². The van der Waals surface area contributed by atoms with Crippen LogP contribution in [0.15, 0.2) is 29.2 Å². The van der Waals surface area contributed by atoms with Gasteiger partial charge in [-0.3, -0.25) is 5.32 Å². The highest BCUT2D eigenvalue weighted by Crippen LogP contribution is 2.17. The number of sulfonamides is 1. The van der Waals surface area contributed by atoms with Crippen molar-refractivity contribution < 1.29 is 17.9 Å². The molecule has 1 rings (SSSR count). The lowest BCUT2D eigenvalue weighted by atomic mass is 10.3. The Morgan fingerprint density at radius 3 is 2.32 bits per heavy atom. The van der Waals surface area contributed by atoms with E-state index in [2.05, 4.69) is 5.32 Å². The molecule has 0 fully saturated rings. The van der Waals surface area contributed by atoms with E-state index in [1.165, 1.54) is 35.6 Å². The van der Waals surface area contributed by atoms with Gasteiger partial charge in [0.05, 0.1) is 11.5 Å². The zero-order chi connectivity index (χ0) is 14.5. The predicted molar refractivity (Wildman–Crippen MR) is 72.6 cm³/mol. The molecule has 0 saturated heterocycles. The number of amides is 1. The van der Waals surface area contributed by atoms with Gasteiger partial charge < -0.3 is 4.74 Å². The Bertz CT molecular complexity index is 525. The van der Waals surface area contributed by atoms with E-state index in [4.69, 9.17) is 4.74 Å². The zero-order valence-corrected chi connectivity index (χ0v) is 12.0. The molecule has 0 heterocycles. The number of carbonyl (C=O) groups excluding carboxylic acids is 1. The summed E-state index contributed by atoms with van der Waals surface area (Å²) in [6.45, 7) is 4.13. The van der Waals surface area contributed by atoms with Crippen LogP contribution >= 0.6 is 0 Å². The van der Waals surface area contributed by atoms with Crippen LogP contribution in [0.1, 0.15) is 13.8 Å². The topological polar surface area (TPSA) is 75.7 Å². The lowest BCUT2D eigenvalue weighted by molar-refractivity contribution is 0.168. The normalized spacial score (nSPS) is 11.4. The lowest BCUT2D eigenvalue weighted by Crippen LogP contribution is -2.26. The molecule has 1 amide bonds. The van der Waals surface area contributed by atoms with Crippen LogP contribution in [0.25, 0.3) is 0 Å². The molecule has 1 N–H and O–H groups in total. The molecule has 0 atom stereocenters. The summed E-state index contributed by atoms with van der Waals surface area (Å²) >= 11 is 0. The van der Waals surface area contributed by atoms with Gasteiger partial charge in [-0.2, -0.15) is 0 Å². The van der Waals surface area contributed by atoms with Crippen molar-refractivity contribution in [2.24, 2.45) is 0 Å². The number of anilines is 1. The molecule has 0 spiro atoms. The third-order valence-corrected chi connectivity index (χ3v) is 4.48. The number of ether oxygens (including phenoxy) is 1. The molecule has 106 valence electrons. The molecule has 6 nitrogen and oxygen atoms in total. The average molecular weight is 286 g/mol. The zero-order valence-electron chi connectivity index (χ0n) is 11.2. The highest BCUT2D eigenvalue weighted by Gasteiger charge is 2.18. The van der Waals surface area contributed by atoms with Gasteiger partial charge in [0.15, 0.2) is 0 Å². The van der Waals surface area contributed by atoms with E-state index in [-0.39, 0.29) is 11.5 Å². The molecule has 0 aromatic heterocycles. The first kappa shape index (κ1) is 15.5. The van der Waals surface area contributed by atoms with Crippen LogP contribution in [0.4, 0.5) is 10.5 Å². The van der Waals surface area contributed by atoms with Gasteiger partial charge in [0, 0.05) is 19.3 Å². The maximum absolute atomic E-state index is 12.0. The molecule has 0 aliphatic heterocycles. The highest BCUT2D eigenvalue weighted by molar-refractivity contribution is 7.89. The standard InChI is InChI=1S/C12H18N2O4S/c1-4-14(3)19(16,17)11-8-6-10(7-9-11)13-12(15)18-5-2/h6-9H,4-5H2,1-3H3,(H,13,15). The number of nitrogens with zero attached hydrogens (tertiary/aromatic N) is 1. The summed E-state index contributed by atoms with van der Waals surface area (Å²) in [7, 11) is -1.94. The maximum atomic E-state index is 12.0. The summed E-state index contributed by atoms with van der Waals surface area (Å²) < 4.78 is 30.0. The van der Waals surface area contributed by atoms with Crippen molar-refractivity contribution in [3.05, 3.63) is 24.3 Å². The molecule has 19 heavy (non-hydrogen) atoms. The quantitative estimate of drug-likeness (QED) is 0.897. The largest absolute Gasteiger partial charge is 0.450 e. The Morgan fingerprint density at radius 1 is 1.26 bits per heavy atom. The van der Waals surface area contributed by atoms with E-state index in [0.717, 1.165) is 0 Å². The van der Waals surface area contributed by atoms with Gasteiger partial charge in [-0.1, -0.05) is 6.92 Å². The first-order valence-corrected chi connectivity index (χ1v) is 7.36. The lowest BCUT2D eigenvalue weighted by Gasteiger charge is -2.15. The van der Waals surface area contributed by atoms with Crippen LogP contribution in [-0.4, -0.2) is 39.0 Å². The highest BCUT2D eigenvalue weighted by atomic mass is 32.2. The molecule has 0 radical (unpaired) electrons. The molecule has 0 aliphatic rings. The number of benzene rings is 1. The van der Waals surface area contributed by atoms with Gasteiger partial charge in [0.2, 0.25) is 10.0 Å². The molecular weight excluding hydrogens is 268 g/mol. The predicted octanol–water partition coefficient (Wildman–Crippen LogP) is 1.90. The van der Waals surface area contributed by atoms with E-state index in [0.29, 0.717) is 12.2 Å². The monoisotopic (exact) mass is 286 g/mol. The Labute approximate surface area is 113 Å². The second kappa shape index (κ2) is 6.53. The second-order valence-electron chi connectivity index (χ2n) is 3.79. The third-order valence-electron chi connectivity index (χ3n) is 2.53. The van der Waals surface area contributed by atoms with Crippen molar-refractivity contribution in [1.82, 2.24) is 4.31 Å². The van der Waals surface area contributed by atoms with Crippen molar-refractivity contribution in [2.75, 3.05) is 25.5 Å². The molecular formula is C12H18N2O4S. The maximum Gasteiger partial charge on any atom is 0.411 e. The molecule has 0 aliphatic carbocycles. The van der Waals surface area contributed by atoms with Gasteiger partial charge in [-0.05, 0) is 31.2 Å². The molecule has 0 bridgehead atoms. The SMILES string of the molecule is CCOC(=O)Nc1ccc(S(=O)(=O)N(C)CC)cc1. The second-order valence-corrected chi connectivity index (χ2v) is 5.83. The summed E-state index contributed by atoms with van der Waals surface area (Å²) in [6, 6.07) is 5.94. The van der Waals surface area contributed by atoms with E-state index in [9.17, 15) is 13.2 Å². The Kier molecular flexibility index (Phi) is 5.31. The van der Waals surface area contributed by atoms with Crippen LogP contribution < -0.4 is 5.32 Å². The van der Waals surface area contributed by atoms with Gasteiger partial charge in [-0.15, -0.1) is 0 Å². The Morgan fingerprint density at radius 2 is 1.84 bits per heavy atom. The first-order chi connectivity index (χ1) is 8.91. The third kappa shape index (κ3) is 3.93. The summed E-state index contributed by atoms with van der Waals surface area (Å²) in [5.41, 5.74) is 0.483. The minimum absolute atomic E-state index is 0.186. The molecule has 0 saturated carbocycles. The fraction of sp³-hybridized carbons (Fsp3) is 0.417. The smallest absolute Gasteiger partial charge is 0.411 e. The molecule has 0 unspecified atom stereocenters. The van der Waals surface area contributed by atoms with Gasteiger partial charge in [-0.25, -0.2) is 17.5 Å². The summed E-state index contributed by atoms with van der Waals surface area (Å²) in [5.74, 6) is 0. The first-order valence-electron chi connectivity index (χ1n) is 5.92. The Hall–Kier alpha value is -1.60. The molecule has 7 heteroatoms. The van der Waals surface area contributed by atoms with Crippen molar-refractivity contribution in [3.8, 4) is 0 Å². The van der Waals surface area contributed by atoms with Crippen LogP contribution in [0.3, 0.4) is 0 Å². The summed E-state index contributed by atoms with van der Waals surface area (Å²) in [5, 5.41) is 2.50. The number of hydrogen-bond acceptors (Lipinski definition) is 4. The van der Waals surface area contributed by atoms with Gasteiger partial charge in [0.25, 0.3) is 0 Å². The van der Waals surface area contributed by atoms with E-state index < -0.39 is 16.1 Å². The number of rotatable bonds is 5. The van der Waals surface area contributed by atoms with E-state index in [1.54, 1.807) is 13.8 Å². The number of carbonyl (C=O) groups is 1.